The molecule has 6 heteroatoms. The number of hydrogen-bond acceptors (Lipinski definition) is 5. The lowest BCUT2D eigenvalue weighted by atomic mass is 9.92. The molecule has 1 aliphatic heterocycles. The summed E-state index contributed by atoms with van der Waals surface area (Å²) in [5.41, 5.74) is 8.67. The van der Waals surface area contributed by atoms with Crippen LogP contribution in [0.2, 0.25) is 0 Å². The van der Waals surface area contributed by atoms with E-state index >= 15 is 0 Å². The van der Waals surface area contributed by atoms with Crippen LogP contribution < -0.4 is 15.2 Å². The summed E-state index contributed by atoms with van der Waals surface area (Å²) in [6, 6.07) is 5.69. The highest BCUT2D eigenvalue weighted by Crippen LogP contribution is 2.36. The topological polar surface area (TPSA) is 77.7 Å². The minimum absolute atomic E-state index is 0.00684. The van der Waals surface area contributed by atoms with Gasteiger partial charge in [-0.1, -0.05) is 13.8 Å². The summed E-state index contributed by atoms with van der Waals surface area (Å²) >= 11 is 0. The van der Waals surface area contributed by atoms with Crippen molar-refractivity contribution in [3.63, 3.8) is 0 Å². The lowest BCUT2D eigenvalue weighted by Gasteiger charge is -2.34. The molecule has 1 fully saturated rings. The third-order valence-corrected chi connectivity index (χ3v) is 4.99. The van der Waals surface area contributed by atoms with Crippen LogP contribution in [0.25, 0.3) is 10.9 Å². The Balaban J connectivity index is 1.96. The molecule has 0 spiro atoms. The van der Waals surface area contributed by atoms with Gasteiger partial charge in [0.05, 0.1) is 31.1 Å². The highest BCUT2D eigenvalue weighted by molar-refractivity contribution is 5.86. The molecule has 6 nitrogen and oxygen atoms in total. The Morgan fingerprint density at radius 2 is 1.92 bits per heavy atom. The van der Waals surface area contributed by atoms with E-state index < -0.39 is 0 Å². The van der Waals surface area contributed by atoms with Crippen LogP contribution in [-0.4, -0.2) is 43.1 Å². The van der Waals surface area contributed by atoms with Crippen LogP contribution in [0.1, 0.15) is 38.3 Å². The number of rotatable bonds is 4. The Bertz CT molecular complexity index is 820. The fraction of sp³-hybridized carbons (Fsp3) is 0.500. The fourth-order valence-electron chi connectivity index (χ4n) is 3.62. The van der Waals surface area contributed by atoms with Crippen LogP contribution in [-0.2, 0) is 4.79 Å². The quantitative estimate of drug-likeness (QED) is 0.909. The van der Waals surface area contributed by atoms with Crippen molar-refractivity contribution in [3.05, 3.63) is 23.9 Å². The van der Waals surface area contributed by atoms with Crippen molar-refractivity contribution in [2.75, 3.05) is 33.0 Å². The number of nitrogens with two attached hydrogens (primary N) is 1. The minimum Gasteiger partial charge on any atom is -0.493 e. The van der Waals surface area contributed by atoms with Crippen molar-refractivity contribution in [2.45, 2.75) is 32.6 Å². The number of methoxy groups -OCH3 is 2. The molecular formula is C20H27N3O3. The van der Waals surface area contributed by atoms with Gasteiger partial charge in [0.15, 0.2) is 11.5 Å². The molecule has 1 aromatic carbocycles. The van der Waals surface area contributed by atoms with Crippen molar-refractivity contribution < 1.29 is 14.3 Å². The van der Waals surface area contributed by atoms with Crippen LogP contribution in [0.3, 0.4) is 0 Å². The van der Waals surface area contributed by atoms with Gasteiger partial charge in [-0.15, -0.1) is 0 Å². The molecule has 140 valence electrons. The standard InChI is InChI=1S/C20H27N3O3/c1-12(2)20(24)23-7-5-6-13(11-23)19-15(21)8-14-9-17(25-3)18(26-4)10-16(14)22-19/h8-10,12-13H,5-7,11,21H2,1-4H3/t13-/m1/s1. The van der Waals surface area contributed by atoms with Gasteiger partial charge >= 0.3 is 0 Å². The van der Waals surface area contributed by atoms with E-state index in [9.17, 15) is 4.79 Å². The van der Waals surface area contributed by atoms with Gasteiger partial charge in [-0.05, 0) is 25.0 Å². The average molecular weight is 357 g/mol. The second-order valence-corrected chi connectivity index (χ2v) is 7.14. The van der Waals surface area contributed by atoms with Gasteiger partial charge in [0.25, 0.3) is 0 Å². The normalized spacial score (nSPS) is 17.6. The highest BCUT2D eigenvalue weighted by Gasteiger charge is 2.28. The Morgan fingerprint density at radius 1 is 1.23 bits per heavy atom. The van der Waals surface area contributed by atoms with Crippen molar-refractivity contribution in [1.29, 1.82) is 0 Å². The summed E-state index contributed by atoms with van der Waals surface area (Å²) in [5.74, 6) is 1.65. The summed E-state index contributed by atoms with van der Waals surface area (Å²) in [4.78, 5) is 19.1. The number of benzene rings is 1. The molecule has 1 atom stereocenters. The first-order valence-corrected chi connectivity index (χ1v) is 9.05. The molecule has 3 rings (SSSR count). The van der Waals surface area contributed by atoms with E-state index in [2.05, 4.69) is 0 Å². The average Bonchev–Trinajstić information content (AvgIpc) is 2.65. The van der Waals surface area contributed by atoms with Crippen LogP contribution in [0, 0.1) is 5.92 Å². The zero-order valence-electron chi connectivity index (χ0n) is 15.9. The largest absolute Gasteiger partial charge is 0.493 e. The molecule has 1 aromatic heterocycles. The van der Waals surface area contributed by atoms with Crippen LogP contribution >= 0.6 is 0 Å². The van der Waals surface area contributed by atoms with Crippen molar-refractivity contribution in [3.8, 4) is 11.5 Å². The molecule has 1 aliphatic rings. The number of pyridine rings is 1. The van der Waals surface area contributed by atoms with Crippen molar-refractivity contribution in [2.24, 2.45) is 5.92 Å². The van der Waals surface area contributed by atoms with Gasteiger partial charge in [0.2, 0.25) is 5.91 Å². The molecule has 0 saturated carbocycles. The van der Waals surface area contributed by atoms with Crippen LogP contribution in [0.5, 0.6) is 11.5 Å². The van der Waals surface area contributed by atoms with Crippen LogP contribution in [0.15, 0.2) is 18.2 Å². The first-order chi connectivity index (χ1) is 12.4. The number of nitrogens with zero attached hydrogens (tertiary/aromatic N) is 2. The number of nitrogen functional groups attached to an aromatic ring is 1. The Hall–Kier alpha value is -2.50. The zero-order chi connectivity index (χ0) is 18.8. The fourth-order valence-corrected chi connectivity index (χ4v) is 3.62. The number of fused-ring (bicyclic) bond motifs is 1. The van der Waals surface area contributed by atoms with Crippen molar-refractivity contribution >= 4 is 22.5 Å². The maximum Gasteiger partial charge on any atom is 0.225 e. The first-order valence-electron chi connectivity index (χ1n) is 9.05. The summed E-state index contributed by atoms with van der Waals surface area (Å²) in [6.07, 6.45) is 1.95. The summed E-state index contributed by atoms with van der Waals surface area (Å²) in [6.45, 7) is 5.36. The Morgan fingerprint density at radius 3 is 2.58 bits per heavy atom. The van der Waals surface area contributed by atoms with Crippen LogP contribution in [0.4, 0.5) is 5.69 Å². The molecule has 2 heterocycles. The molecule has 0 bridgehead atoms. The molecule has 2 aromatic rings. The van der Waals surface area contributed by atoms with E-state index in [0.717, 1.165) is 36.0 Å². The van der Waals surface area contributed by atoms with E-state index in [-0.39, 0.29) is 17.7 Å². The number of carbonyl (C=O) groups excluding carboxylic acids is 1. The number of hydrogen-bond donors (Lipinski definition) is 1. The molecule has 0 unspecified atom stereocenters. The first kappa shape index (κ1) is 18.3. The van der Waals surface area contributed by atoms with Gasteiger partial charge in [-0.2, -0.15) is 0 Å². The summed E-state index contributed by atoms with van der Waals surface area (Å²) < 4.78 is 10.7. The molecular weight excluding hydrogens is 330 g/mol. The number of amides is 1. The molecule has 26 heavy (non-hydrogen) atoms. The van der Waals surface area contributed by atoms with E-state index in [1.807, 2.05) is 36.9 Å². The van der Waals surface area contributed by atoms with Gasteiger partial charge < -0.3 is 20.1 Å². The van der Waals surface area contributed by atoms with E-state index in [1.54, 1.807) is 14.2 Å². The maximum absolute atomic E-state index is 12.4. The third kappa shape index (κ3) is 3.41. The smallest absolute Gasteiger partial charge is 0.225 e. The summed E-state index contributed by atoms with van der Waals surface area (Å²) in [7, 11) is 3.22. The van der Waals surface area contributed by atoms with Gasteiger partial charge in [0, 0.05) is 36.4 Å². The van der Waals surface area contributed by atoms with E-state index in [0.29, 0.717) is 23.7 Å². The van der Waals surface area contributed by atoms with E-state index in [1.165, 1.54) is 0 Å². The molecule has 0 radical (unpaired) electrons. The summed E-state index contributed by atoms with van der Waals surface area (Å²) in [5, 5.41) is 0.912. The van der Waals surface area contributed by atoms with Gasteiger partial charge in [-0.25, -0.2) is 0 Å². The second kappa shape index (κ2) is 7.40. The third-order valence-electron chi connectivity index (χ3n) is 4.99. The van der Waals surface area contributed by atoms with Gasteiger partial charge in [-0.3, -0.25) is 9.78 Å². The number of aromatic nitrogens is 1. The SMILES string of the molecule is COc1cc2cc(N)c([C@@H]3CCCN(C(=O)C(C)C)C3)nc2cc1OC. The lowest BCUT2D eigenvalue weighted by Crippen LogP contribution is -2.41. The maximum atomic E-state index is 12.4. The van der Waals surface area contributed by atoms with Crippen molar-refractivity contribution in [1.82, 2.24) is 9.88 Å². The molecule has 0 aliphatic carbocycles. The number of ether oxygens (including phenoxy) is 2. The zero-order valence-corrected chi connectivity index (χ0v) is 15.9. The predicted octanol–water partition coefficient (Wildman–Crippen LogP) is 3.20. The number of piperidine rings is 1. The second-order valence-electron chi connectivity index (χ2n) is 7.14. The van der Waals surface area contributed by atoms with E-state index in [4.69, 9.17) is 20.2 Å². The highest BCUT2D eigenvalue weighted by atomic mass is 16.5. The number of anilines is 1. The van der Waals surface area contributed by atoms with Gasteiger partial charge in [0.1, 0.15) is 0 Å². The number of carbonyl (C=O) groups is 1. The molecule has 1 amide bonds. The predicted molar refractivity (Wildman–Crippen MR) is 103 cm³/mol. The Labute approximate surface area is 154 Å². The lowest BCUT2D eigenvalue weighted by molar-refractivity contribution is -0.135. The molecule has 1 saturated heterocycles. The molecule has 2 N–H and O–H groups in total. The number of likely N-dealkylation sites (tertiary alicyclic amines) is 1. The monoisotopic (exact) mass is 357 g/mol. The minimum atomic E-state index is 0.00684. The Kier molecular flexibility index (Phi) is 5.20.